The summed E-state index contributed by atoms with van der Waals surface area (Å²) in [6, 6.07) is 20.5. The van der Waals surface area contributed by atoms with Gasteiger partial charge < -0.3 is 15.4 Å². The number of primary amides is 1. The summed E-state index contributed by atoms with van der Waals surface area (Å²) in [5, 5.41) is 0. The van der Waals surface area contributed by atoms with Crippen LogP contribution in [0.1, 0.15) is 36.6 Å². The number of hydrogen-bond acceptors (Lipinski definition) is 5. The second-order valence-corrected chi connectivity index (χ2v) is 7.20. The van der Waals surface area contributed by atoms with E-state index in [1.165, 1.54) is 0 Å². The molecule has 0 bridgehead atoms. The van der Waals surface area contributed by atoms with Crippen LogP contribution in [0.2, 0.25) is 0 Å². The first-order valence-corrected chi connectivity index (χ1v) is 9.84. The van der Waals surface area contributed by atoms with E-state index in [0.29, 0.717) is 22.4 Å². The summed E-state index contributed by atoms with van der Waals surface area (Å²) < 4.78 is 5.70. The van der Waals surface area contributed by atoms with E-state index in [4.69, 9.17) is 10.5 Å². The van der Waals surface area contributed by atoms with Crippen molar-refractivity contribution in [3.63, 3.8) is 0 Å². The number of amides is 3. The van der Waals surface area contributed by atoms with Gasteiger partial charge in [-0.05, 0) is 48.0 Å². The molecule has 164 valence electrons. The van der Waals surface area contributed by atoms with Crippen molar-refractivity contribution < 1.29 is 19.1 Å². The van der Waals surface area contributed by atoms with Gasteiger partial charge >= 0.3 is 0 Å². The maximum Gasteiger partial charge on any atom is 0.269 e. The van der Waals surface area contributed by atoms with Gasteiger partial charge in [0.25, 0.3) is 17.7 Å². The molecule has 0 saturated carbocycles. The van der Waals surface area contributed by atoms with Crippen molar-refractivity contribution >= 4 is 23.4 Å². The first kappa shape index (κ1) is 22.4. The minimum Gasteiger partial charge on any atom is -0.488 e. The summed E-state index contributed by atoms with van der Waals surface area (Å²) in [5.74, 6) is -1.12. The Morgan fingerprint density at radius 3 is 2.12 bits per heavy atom. The molecule has 3 aromatic carbocycles. The summed E-state index contributed by atoms with van der Waals surface area (Å²) in [6.07, 6.45) is 0. The predicted molar refractivity (Wildman–Crippen MR) is 121 cm³/mol. The van der Waals surface area contributed by atoms with Crippen LogP contribution in [-0.4, -0.2) is 31.8 Å². The molecular formula is C24H24N4O4. The molecule has 0 saturated heterocycles. The van der Waals surface area contributed by atoms with Crippen molar-refractivity contribution in [3.05, 3.63) is 95.1 Å². The van der Waals surface area contributed by atoms with Crippen LogP contribution in [0.15, 0.2) is 72.8 Å². The average Bonchev–Trinajstić information content (AvgIpc) is 2.81. The van der Waals surface area contributed by atoms with Crippen LogP contribution in [0.25, 0.3) is 0 Å². The van der Waals surface area contributed by atoms with E-state index in [0.717, 1.165) is 5.69 Å². The smallest absolute Gasteiger partial charge is 0.269 e. The zero-order chi connectivity index (χ0) is 23.1. The van der Waals surface area contributed by atoms with Gasteiger partial charge in [-0.25, -0.2) is 0 Å². The highest BCUT2D eigenvalue weighted by Gasteiger charge is 2.12. The van der Waals surface area contributed by atoms with E-state index in [1.807, 2.05) is 25.1 Å². The Bertz CT molecular complexity index is 1140. The molecule has 3 amide bonds. The molecule has 0 aliphatic carbocycles. The quantitative estimate of drug-likeness (QED) is 0.497. The Morgan fingerprint density at radius 1 is 0.844 bits per heavy atom. The van der Waals surface area contributed by atoms with Crippen LogP contribution in [0.3, 0.4) is 0 Å². The Kier molecular flexibility index (Phi) is 7.07. The highest BCUT2D eigenvalue weighted by atomic mass is 16.5. The molecule has 0 aromatic heterocycles. The number of carbonyl (C=O) groups excluding carboxylic acids is 3. The van der Waals surface area contributed by atoms with Gasteiger partial charge in [0.05, 0.1) is 5.56 Å². The number of rotatable bonds is 7. The lowest BCUT2D eigenvalue weighted by Crippen LogP contribution is -2.41. The number of carbonyl (C=O) groups is 3. The van der Waals surface area contributed by atoms with Gasteiger partial charge in [-0.1, -0.05) is 30.3 Å². The topological polar surface area (TPSA) is 114 Å². The fourth-order valence-corrected chi connectivity index (χ4v) is 2.94. The zero-order valence-electron chi connectivity index (χ0n) is 17.8. The summed E-state index contributed by atoms with van der Waals surface area (Å²) in [5.41, 5.74) is 12.8. The van der Waals surface area contributed by atoms with Crippen LogP contribution >= 0.6 is 0 Å². The SMILES string of the molecule is CN(C)c1cccc(C(=O)NNC(=O)c2cccc(COc3ccccc3C(N)=O)c2)c1. The lowest BCUT2D eigenvalue weighted by molar-refractivity contribution is 0.0846. The van der Waals surface area contributed by atoms with Gasteiger partial charge in [-0.3, -0.25) is 25.2 Å². The molecular weight excluding hydrogens is 408 g/mol. The molecule has 0 fully saturated rings. The monoisotopic (exact) mass is 432 g/mol. The Hall–Kier alpha value is -4.33. The molecule has 0 atom stereocenters. The predicted octanol–water partition coefficient (Wildman–Crippen LogP) is 2.51. The van der Waals surface area contributed by atoms with Gasteiger partial charge in [0, 0.05) is 30.9 Å². The fraction of sp³-hybridized carbons (Fsp3) is 0.125. The number of benzene rings is 3. The molecule has 4 N–H and O–H groups in total. The van der Waals surface area contributed by atoms with Crippen molar-refractivity contribution in [3.8, 4) is 5.75 Å². The first-order chi connectivity index (χ1) is 15.3. The van der Waals surface area contributed by atoms with E-state index in [9.17, 15) is 14.4 Å². The molecule has 8 heteroatoms. The Labute approximate surface area is 186 Å². The molecule has 3 rings (SSSR count). The van der Waals surface area contributed by atoms with Crippen LogP contribution in [0.5, 0.6) is 5.75 Å². The van der Waals surface area contributed by atoms with Gasteiger partial charge in [0.2, 0.25) is 0 Å². The molecule has 0 aliphatic heterocycles. The number of hydrazine groups is 1. The number of nitrogens with one attached hydrogen (secondary N) is 2. The number of para-hydroxylation sites is 1. The van der Waals surface area contributed by atoms with Crippen LogP contribution < -0.4 is 26.2 Å². The van der Waals surface area contributed by atoms with E-state index in [2.05, 4.69) is 10.9 Å². The largest absolute Gasteiger partial charge is 0.488 e. The molecule has 0 spiro atoms. The van der Waals surface area contributed by atoms with E-state index >= 15 is 0 Å². The maximum absolute atomic E-state index is 12.5. The molecule has 32 heavy (non-hydrogen) atoms. The highest BCUT2D eigenvalue weighted by Crippen LogP contribution is 2.19. The third-order valence-electron chi connectivity index (χ3n) is 4.65. The van der Waals surface area contributed by atoms with Gasteiger partial charge in [-0.15, -0.1) is 0 Å². The molecule has 0 heterocycles. The molecule has 0 aliphatic rings. The van der Waals surface area contributed by atoms with Crippen molar-refractivity contribution in [2.45, 2.75) is 6.61 Å². The normalized spacial score (nSPS) is 10.2. The Balaban J connectivity index is 1.61. The van der Waals surface area contributed by atoms with E-state index in [-0.39, 0.29) is 12.2 Å². The van der Waals surface area contributed by atoms with Crippen LogP contribution in [-0.2, 0) is 6.61 Å². The standard InChI is InChI=1S/C24H24N4O4/c1-28(2)19-10-6-9-18(14-19)24(31)27-26-23(30)17-8-5-7-16(13-17)15-32-21-12-4-3-11-20(21)22(25)29/h3-14H,15H2,1-2H3,(H2,25,29)(H,26,30)(H,27,31). The fourth-order valence-electron chi connectivity index (χ4n) is 2.94. The maximum atomic E-state index is 12.5. The minimum absolute atomic E-state index is 0.134. The van der Waals surface area contributed by atoms with E-state index in [1.54, 1.807) is 66.7 Å². The molecule has 3 aromatic rings. The highest BCUT2D eigenvalue weighted by molar-refractivity contribution is 5.99. The summed E-state index contributed by atoms with van der Waals surface area (Å²) in [6.45, 7) is 0.134. The third kappa shape index (κ3) is 5.63. The van der Waals surface area contributed by atoms with Crippen LogP contribution in [0.4, 0.5) is 5.69 Å². The van der Waals surface area contributed by atoms with Gasteiger partial charge in [0.15, 0.2) is 0 Å². The number of ether oxygens (including phenoxy) is 1. The number of anilines is 1. The van der Waals surface area contributed by atoms with Crippen molar-refractivity contribution in [1.29, 1.82) is 0 Å². The summed E-state index contributed by atoms with van der Waals surface area (Å²) in [4.78, 5) is 38.2. The number of nitrogens with two attached hydrogens (primary N) is 1. The summed E-state index contributed by atoms with van der Waals surface area (Å²) in [7, 11) is 3.75. The molecule has 0 unspecified atom stereocenters. The van der Waals surface area contributed by atoms with E-state index < -0.39 is 17.7 Å². The third-order valence-corrected chi connectivity index (χ3v) is 4.65. The lowest BCUT2D eigenvalue weighted by Gasteiger charge is -2.14. The Morgan fingerprint density at radius 2 is 1.47 bits per heavy atom. The lowest BCUT2D eigenvalue weighted by atomic mass is 10.1. The van der Waals surface area contributed by atoms with Gasteiger partial charge in [0.1, 0.15) is 12.4 Å². The zero-order valence-corrected chi connectivity index (χ0v) is 17.8. The average molecular weight is 432 g/mol. The van der Waals surface area contributed by atoms with Gasteiger partial charge in [-0.2, -0.15) is 0 Å². The van der Waals surface area contributed by atoms with Crippen LogP contribution in [0, 0.1) is 0 Å². The second-order valence-electron chi connectivity index (χ2n) is 7.20. The second kappa shape index (κ2) is 10.1. The summed E-state index contributed by atoms with van der Waals surface area (Å²) >= 11 is 0. The van der Waals surface area contributed by atoms with Crippen molar-refractivity contribution in [2.24, 2.45) is 5.73 Å². The number of hydrogen-bond donors (Lipinski definition) is 3. The first-order valence-electron chi connectivity index (χ1n) is 9.84. The minimum atomic E-state index is -0.583. The molecule has 0 radical (unpaired) electrons. The van der Waals surface area contributed by atoms with Crippen molar-refractivity contribution in [2.75, 3.05) is 19.0 Å². The molecule has 8 nitrogen and oxygen atoms in total. The van der Waals surface area contributed by atoms with Crippen molar-refractivity contribution in [1.82, 2.24) is 10.9 Å². The number of nitrogens with zero attached hydrogens (tertiary/aromatic N) is 1.